The second-order valence-corrected chi connectivity index (χ2v) is 10.4. The molecule has 1 aliphatic heterocycles. The molecule has 7 nitrogen and oxygen atoms in total. The topological polar surface area (TPSA) is 88.1 Å². The highest BCUT2D eigenvalue weighted by molar-refractivity contribution is 6.01. The molecule has 1 unspecified atom stereocenters. The number of nitrogens with zero attached hydrogens (tertiary/aromatic N) is 2. The van der Waals surface area contributed by atoms with Crippen LogP contribution in [0.1, 0.15) is 66.0 Å². The van der Waals surface area contributed by atoms with Gasteiger partial charge in [-0.25, -0.2) is 0 Å². The van der Waals surface area contributed by atoms with Gasteiger partial charge in [0.25, 0.3) is 5.91 Å². The van der Waals surface area contributed by atoms with E-state index in [1.807, 2.05) is 55.6 Å². The SMILES string of the molecule is Cc1ccnc(C)c1-c1ccc(NC(=O)C(NC(=O)c2ccc3n2CCNC3)C2CCCCCC2)cc1. The smallest absolute Gasteiger partial charge is 0.268 e. The highest BCUT2D eigenvalue weighted by atomic mass is 16.2. The average Bonchev–Trinajstić information content (AvgIpc) is 3.15. The number of carbonyl (C=O) groups is 2. The first-order chi connectivity index (χ1) is 18.0. The molecule has 5 rings (SSSR count). The summed E-state index contributed by atoms with van der Waals surface area (Å²) in [5.41, 5.74) is 6.81. The van der Waals surface area contributed by atoms with E-state index in [9.17, 15) is 9.59 Å². The molecular formula is C30H37N5O2. The molecule has 1 atom stereocenters. The minimum absolute atomic E-state index is 0.129. The number of hydrogen-bond acceptors (Lipinski definition) is 4. The van der Waals surface area contributed by atoms with Crippen LogP contribution in [0.15, 0.2) is 48.7 Å². The van der Waals surface area contributed by atoms with E-state index in [4.69, 9.17) is 0 Å². The fourth-order valence-corrected chi connectivity index (χ4v) is 5.86. The Morgan fingerprint density at radius 1 is 1.00 bits per heavy atom. The van der Waals surface area contributed by atoms with E-state index >= 15 is 0 Å². The molecule has 0 spiro atoms. The summed E-state index contributed by atoms with van der Waals surface area (Å²) >= 11 is 0. The van der Waals surface area contributed by atoms with Crippen LogP contribution in [0.4, 0.5) is 5.69 Å². The summed E-state index contributed by atoms with van der Waals surface area (Å²) in [5, 5.41) is 9.57. The number of aromatic nitrogens is 2. The molecule has 1 aliphatic carbocycles. The largest absolute Gasteiger partial charge is 0.339 e. The number of pyridine rings is 1. The van der Waals surface area contributed by atoms with E-state index in [0.29, 0.717) is 5.69 Å². The number of nitrogens with one attached hydrogen (secondary N) is 3. The van der Waals surface area contributed by atoms with Gasteiger partial charge in [0, 0.05) is 48.5 Å². The Morgan fingerprint density at radius 3 is 2.49 bits per heavy atom. The predicted octanol–water partition coefficient (Wildman–Crippen LogP) is 4.98. The first kappa shape index (κ1) is 25.2. The van der Waals surface area contributed by atoms with E-state index < -0.39 is 6.04 Å². The second-order valence-electron chi connectivity index (χ2n) is 10.4. The van der Waals surface area contributed by atoms with Gasteiger partial charge in [0.05, 0.1) is 0 Å². The van der Waals surface area contributed by atoms with Crippen LogP contribution in [-0.4, -0.2) is 34.0 Å². The average molecular weight is 500 g/mol. The quantitative estimate of drug-likeness (QED) is 0.418. The first-order valence-corrected chi connectivity index (χ1v) is 13.5. The van der Waals surface area contributed by atoms with Gasteiger partial charge in [-0.05, 0) is 74.1 Å². The van der Waals surface area contributed by atoms with Gasteiger partial charge in [0.15, 0.2) is 0 Å². The number of aryl methyl sites for hydroxylation is 2. The zero-order valence-corrected chi connectivity index (χ0v) is 21.8. The maximum absolute atomic E-state index is 13.6. The number of benzene rings is 1. The molecule has 0 radical (unpaired) electrons. The van der Waals surface area contributed by atoms with Crippen molar-refractivity contribution in [3.63, 3.8) is 0 Å². The van der Waals surface area contributed by atoms with Gasteiger partial charge in [0.1, 0.15) is 11.7 Å². The van der Waals surface area contributed by atoms with E-state index in [1.54, 1.807) is 0 Å². The van der Waals surface area contributed by atoms with Gasteiger partial charge in [-0.1, -0.05) is 37.8 Å². The summed E-state index contributed by atoms with van der Waals surface area (Å²) < 4.78 is 2.06. The Bertz CT molecular complexity index is 1240. The summed E-state index contributed by atoms with van der Waals surface area (Å²) in [6.07, 6.45) is 8.29. The molecule has 7 heteroatoms. The summed E-state index contributed by atoms with van der Waals surface area (Å²) in [6.45, 7) is 6.44. The van der Waals surface area contributed by atoms with Crippen LogP contribution in [0.3, 0.4) is 0 Å². The molecule has 1 fully saturated rings. The molecule has 1 saturated carbocycles. The monoisotopic (exact) mass is 499 g/mol. The molecule has 2 amide bonds. The standard InChI is InChI=1S/C30H37N5O2/c1-20-15-16-32-21(2)27(20)22-9-11-24(12-10-22)33-30(37)28(23-7-5-3-4-6-8-23)34-29(36)26-14-13-25-19-31-17-18-35(25)26/h9-16,23,28,31H,3-8,17-19H2,1-2H3,(H,33,37)(H,34,36). The highest BCUT2D eigenvalue weighted by Crippen LogP contribution is 2.29. The van der Waals surface area contributed by atoms with Crippen molar-refractivity contribution < 1.29 is 9.59 Å². The van der Waals surface area contributed by atoms with Crippen molar-refractivity contribution in [2.75, 3.05) is 11.9 Å². The van der Waals surface area contributed by atoms with E-state index in [1.165, 1.54) is 18.4 Å². The maximum Gasteiger partial charge on any atom is 0.268 e. The van der Waals surface area contributed by atoms with Crippen LogP contribution >= 0.6 is 0 Å². The lowest BCUT2D eigenvalue weighted by Crippen LogP contribution is -2.49. The van der Waals surface area contributed by atoms with E-state index in [0.717, 1.165) is 73.5 Å². The number of anilines is 1. The first-order valence-electron chi connectivity index (χ1n) is 13.5. The van der Waals surface area contributed by atoms with Gasteiger partial charge in [-0.3, -0.25) is 14.6 Å². The summed E-state index contributed by atoms with van der Waals surface area (Å²) in [6, 6.07) is 13.2. The molecule has 0 bridgehead atoms. The van der Waals surface area contributed by atoms with E-state index in [-0.39, 0.29) is 17.7 Å². The maximum atomic E-state index is 13.6. The third-order valence-corrected chi connectivity index (χ3v) is 7.85. The molecule has 2 aliphatic rings. The van der Waals surface area contributed by atoms with Crippen molar-refractivity contribution in [1.82, 2.24) is 20.2 Å². The van der Waals surface area contributed by atoms with Gasteiger partial charge in [-0.15, -0.1) is 0 Å². The van der Waals surface area contributed by atoms with Gasteiger partial charge in [-0.2, -0.15) is 0 Å². The Balaban J connectivity index is 1.34. The number of fused-ring (bicyclic) bond motifs is 1. The number of hydrogen-bond donors (Lipinski definition) is 3. The summed E-state index contributed by atoms with van der Waals surface area (Å²) in [7, 11) is 0. The van der Waals surface area contributed by atoms with Crippen molar-refractivity contribution in [2.45, 2.75) is 71.5 Å². The van der Waals surface area contributed by atoms with Crippen LogP contribution < -0.4 is 16.0 Å². The third-order valence-electron chi connectivity index (χ3n) is 7.85. The molecule has 3 aromatic rings. The molecule has 3 heterocycles. The minimum atomic E-state index is -0.569. The Morgan fingerprint density at radius 2 is 1.76 bits per heavy atom. The van der Waals surface area contributed by atoms with E-state index in [2.05, 4.69) is 32.4 Å². The fraction of sp³-hybridized carbons (Fsp3) is 0.433. The highest BCUT2D eigenvalue weighted by Gasteiger charge is 2.32. The zero-order chi connectivity index (χ0) is 25.8. The Kier molecular flexibility index (Phi) is 7.70. The lowest BCUT2D eigenvalue weighted by Gasteiger charge is -2.27. The third kappa shape index (κ3) is 5.62. The Labute approximate surface area is 219 Å². The lowest BCUT2D eigenvalue weighted by atomic mass is 9.91. The van der Waals surface area contributed by atoms with Crippen molar-refractivity contribution >= 4 is 17.5 Å². The summed E-state index contributed by atoms with van der Waals surface area (Å²) in [5.74, 6) is -0.187. The number of carbonyl (C=O) groups excluding carboxylic acids is 2. The van der Waals surface area contributed by atoms with Crippen molar-refractivity contribution in [1.29, 1.82) is 0 Å². The molecule has 194 valence electrons. The van der Waals surface area contributed by atoms with Crippen molar-refractivity contribution in [2.24, 2.45) is 5.92 Å². The Hall–Kier alpha value is -3.45. The van der Waals surface area contributed by atoms with Crippen LogP contribution in [0.5, 0.6) is 0 Å². The fourth-order valence-electron chi connectivity index (χ4n) is 5.86. The molecule has 1 aromatic carbocycles. The lowest BCUT2D eigenvalue weighted by molar-refractivity contribution is -0.119. The van der Waals surface area contributed by atoms with Gasteiger partial charge >= 0.3 is 0 Å². The number of amides is 2. The zero-order valence-electron chi connectivity index (χ0n) is 21.8. The normalized spacial score (nSPS) is 16.9. The summed E-state index contributed by atoms with van der Waals surface area (Å²) in [4.78, 5) is 31.5. The van der Waals surface area contributed by atoms with Crippen molar-refractivity contribution in [3.8, 4) is 11.1 Å². The van der Waals surface area contributed by atoms with Gasteiger partial charge < -0.3 is 20.5 Å². The van der Waals surface area contributed by atoms with Crippen LogP contribution in [0.2, 0.25) is 0 Å². The number of rotatable bonds is 6. The van der Waals surface area contributed by atoms with Crippen LogP contribution in [0.25, 0.3) is 11.1 Å². The van der Waals surface area contributed by atoms with Gasteiger partial charge in [0.2, 0.25) is 5.91 Å². The van der Waals surface area contributed by atoms with Crippen molar-refractivity contribution in [3.05, 3.63) is 71.3 Å². The molecule has 37 heavy (non-hydrogen) atoms. The second kappa shape index (κ2) is 11.3. The molecule has 2 aromatic heterocycles. The van der Waals surface area contributed by atoms with Crippen LogP contribution in [0, 0.1) is 19.8 Å². The minimum Gasteiger partial charge on any atom is -0.339 e. The predicted molar refractivity (Wildman–Crippen MR) is 146 cm³/mol. The molecule has 0 saturated heterocycles. The molecule has 3 N–H and O–H groups in total. The van der Waals surface area contributed by atoms with Crippen LogP contribution in [-0.2, 0) is 17.9 Å². The molecular weight excluding hydrogens is 462 g/mol.